The molecule has 3 nitrogen and oxygen atoms in total. The van der Waals surface area contributed by atoms with Gasteiger partial charge in [-0.2, -0.15) is 0 Å². The van der Waals surface area contributed by atoms with Crippen LogP contribution in [0.4, 0.5) is 0 Å². The van der Waals surface area contributed by atoms with Crippen LogP contribution in [0.3, 0.4) is 0 Å². The first-order chi connectivity index (χ1) is 6.70. The van der Waals surface area contributed by atoms with Gasteiger partial charge in [0.05, 0.1) is 12.2 Å². The Morgan fingerprint density at radius 2 is 1.93 bits per heavy atom. The molecular weight excluding hydrogens is 176 g/mol. The van der Waals surface area contributed by atoms with E-state index in [9.17, 15) is 0 Å². The Hall–Kier alpha value is -0.120. The Labute approximate surface area is 86.6 Å². The summed E-state index contributed by atoms with van der Waals surface area (Å²) in [5, 5.41) is 0. The van der Waals surface area contributed by atoms with Crippen LogP contribution in [0.5, 0.6) is 0 Å². The summed E-state index contributed by atoms with van der Waals surface area (Å²) in [7, 11) is 2.25. The number of ether oxygens (including phenoxy) is 1. The zero-order chi connectivity index (χ0) is 10.1. The lowest BCUT2D eigenvalue weighted by atomic mass is 10.0. The fraction of sp³-hybridized carbons (Fsp3) is 1.00. The van der Waals surface area contributed by atoms with Gasteiger partial charge in [0.2, 0.25) is 0 Å². The topological polar surface area (TPSA) is 38.5 Å². The third kappa shape index (κ3) is 1.95. The molecule has 0 spiro atoms. The van der Waals surface area contributed by atoms with Crippen molar-refractivity contribution in [3.63, 3.8) is 0 Å². The van der Waals surface area contributed by atoms with Gasteiger partial charge < -0.3 is 15.4 Å². The van der Waals surface area contributed by atoms with Gasteiger partial charge in [0, 0.05) is 18.6 Å². The zero-order valence-electron chi connectivity index (χ0n) is 9.28. The Bertz CT molecular complexity index is 184. The number of hydrogen-bond acceptors (Lipinski definition) is 3. The Balaban J connectivity index is 1.87. The average Bonchev–Trinajstić information content (AvgIpc) is 2.42. The maximum Gasteiger partial charge on any atom is 0.0672 e. The lowest BCUT2D eigenvalue weighted by Gasteiger charge is -2.37. The van der Waals surface area contributed by atoms with E-state index in [0.29, 0.717) is 12.6 Å². The number of nitrogens with zero attached hydrogens (tertiary/aromatic N) is 1. The SMILES string of the molecule is CC(CN)OC1CC2CCC(C1)N2C. The van der Waals surface area contributed by atoms with Gasteiger partial charge >= 0.3 is 0 Å². The van der Waals surface area contributed by atoms with Crippen molar-refractivity contribution in [2.75, 3.05) is 13.6 Å². The van der Waals surface area contributed by atoms with Crippen molar-refractivity contribution in [2.45, 2.75) is 56.9 Å². The summed E-state index contributed by atoms with van der Waals surface area (Å²) in [6, 6.07) is 1.53. The number of rotatable bonds is 3. The second-order valence-electron chi connectivity index (χ2n) is 4.83. The van der Waals surface area contributed by atoms with Gasteiger partial charge in [0.25, 0.3) is 0 Å². The maximum atomic E-state index is 5.92. The minimum absolute atomic E-state index is 0.225. The zero-order valence-corrected chi connectivity index (χ0v) is 9.28. The summed E-state index contributed by atoms with van der Waals surface area (Å²) >= 11 is 0. The third-order valence-corrected chi connectivity index (χ3v) is 3.81. The van der Waals surface area contributed by atoms with E-state index < -0.39 is 0 Å². The number of hydrogen-bond donors (Lipinski definition) is 1. The molecule has 0 aliphatic carbocycles. The van der Waals surface area contributed by atoms with E-state index in [1.807, 2.05) is 0 Å². The van der Waals surface area contributed by atoms with Crippen LogP contribution in [0.25, 0.3) is 0 Å². The molecular formula is C11H22N2O. The highest BCUT2D eigenvalue weighted by molar-refractivity contribution is 4.94. The van der Waals surface area contributed by atoms with Gasteiger partial charge in [-0.15, -0.1) is 0 Å². The minimum atomic E-state index is 0.225. The first-order valence-electron chi connectivity index (χ1n) is 5.78. The van der Waals surface area contributed by atoms with E-state index in [1.54, 1.807) is 0 Å². The lowest BCUT2D eigenvalue weighted by molar-refractivity contribution is -0.0456. The summed E-state index contributed by atoms with van der Waals surface area (Å²) < 4.78 is 5.92. The normalized spacial score (nSPS) is 40.1. The molecule has 2 saturated heterocycles. The molecule has 14 heavy (non-hydrogen) atoms. The van der Waals surface area contributed by atoms with Crippen molar-refractivity contribution in [3.8, 4) is 0 Å². The van der Waals surface area contributed by atoms with Gasteiger partial charge in [0.1, 0.15) is 0 Å². The highest BCUT2D eigenvalue weighted by Gasteiger charge is 2.39. The second-order valence-corrected chi connectivity index (χ2v) is 4.83. The van der Waals surface area contributed by atoms with Crippen molar-refractivity contribution in [2.24, 2.45) is 5.73 Å². The molecule has 3 atom stereocenters. The molecule has 0 radical (unpaired) electrons. The van der Waals surface area contributed by atoms with Crippen molar-refractivity contribution in [1.29, 1.82) is 0 Å². The van der Waals surface area contributed by atoms with Gasteiger partial charge in [0.15, 0.2) is 0 Å². The monoisotopic (exact) mass is 198 g/mol. The molecule has 0 amide bonds. The van der Waals surface area contributed by atoms with E-state index in [1.165, 1.54) is 25.7 Å². The first-order valence-corrected chi connectivity index (χ1v) is 5.78. The van der Waals surface area contributed by atoms with Gasteiger partial charge in [-0.1, -0.05) is 0 Å². The molecule has 0 aromatic heterocycles. The third-order valence-electron chi connectivity index (χ3n) is 3.81. The van der Waals surface area contributed by atoms with Gasteiger partial charge in [-0.25, -0.2) is 0 Å². The molecule has 0 saturated carbocycles. The van der Waals surface area contributed by atoms with Crippen molar-refractivity contribution in [1.82, 2.24) is 4.90 Å². The Morgan fingerprint density at radius 1 is 1.36 bits per heavy atom. The van der Waals surface area contributed by atoms with E-state index in [-0.39, 0.29) is 6.10 Å². The lowest BCUT2D eigenvalue weighted by Crippen LogP contribution is -2.44. The fourth-order valence-corrected chi connectivity index (χ4v) is 2.86. The van der Waals surface area contributed by atoms with Crippen LogP contribution in [-0.4, -0.2) is 42.8 Å². The van der Waals surface area contributed by atoms with Crippen LogP contribution in [0.2, 0.25) is 0 Å². The van der Waals surface area contributed by atoms with E-state index in [4.69, 9.17) is 10.5 Å². The smallest absolute Gasteiger partial charge is 0.0672 e. The molecule has 2 bridgehead atoms. The predicted octanol–water partition coefficient (Wildman–Crippen LogP) is 0.975. The Kier molecular flexibility index (Phi) is 3.10. The van der Waals surface area contributed by atoms with E-state index in [0.717, 1.165) is 12.1 Å². The molecule has 2 fully saturated rings. The molecule has 2 aliphatic heterocycles. The van der Waals surface area contributed by atoms with E-state index in [2.05, 4.69) is 18.9 Å². The number of fused-ring (bicyclic) bond motifs is 2. The summed E-state index contributed by atoms with van der Waals surface area (Å²) in [5.41, 5.74) is 5.57. The molecule has 82 valence electrons. The van der Waals surface area contributed by atoms with Crippen LogP contribution in [-0.2, 0) is 4.74 Å². The van der Waals surface area contributed by atoms with Gasteiger partial charge in [-0.3, -0.25) is 0 Å². The van der Waals surface area contributed by atoms with Gasteiger partial charge in [-0.05, 0) is 39.7 Å². The Morgan fingerprint density at radius 3 is 2.43 bits per heavy atom. The van der Waals surface area contributed by atoms with Crippen LogP contribution >= 0.6 is 0 Å². The first kappa shape index (κ1) is 10.4. The molecule has 0 aromatic rings. The summed E-state index contributed by atoms with van der Waals surface area (Å²) in [4.78, 5) is 2.53. The average molecular weight is 198 g/mol. The second kappa shape index (κ2) is 4.17. The highest BCUT2D eigenvalue weighted by Crippen LogP contribution is 2.35. The molecule has 3 heteroatoms. The number of piperidine rings is 1. The van der Waals surface area contributed by atoms with Crippen LogP contribution in [0.1, 0.15) is 32.6 Å². The van der Waals surface area contributed by atoms with E-state index >= 15 is 0 Å². The highest BCUT2D eigenvalue weighted by atomic mass is 16.5. The van der Waals surface area contributed by atoms with Crippen LogP contribution in [0.15, 0.2) is 0 Å². The maximum absolute atomic E-state index is 5.92. The molecule has 3 unspecified atom stereocenters. The molecule has 2 aliphatic rings. The molecule has 0 aromatic carbocycles. The molecule has 2 N–H and O–H groups in total. The predicted molar refractivity (Wildman–Crippen MR) is 57.2 cm³/mol. The quantitative estimate of drug-likeness (QED) is 0.734. The van der Waals surface area contributed by atoms with Crippen LogP contribution < -0.4 is 5.73 Å². The number of nitrogens with two attached hydrogens (primary N) is 1. The standard InChI is InChI=1S/C11H22N2O/c1-8(7-12)14-11-5-9-3-4-10(6-11)13(9)2/h8-11H,3-7,12H2,1-2H3. The summed E-state index contributed by atoms with van der Waals surface area (Å²) in [6.45, 7) is 2.71. The van der Waals surface area contributed by atoms with Crippen molar-refractivity contribution in [3.05, 3.63) is 0 Å². The summed E-state index contributed by atoms with van der Waals surface area (Å²) in [6.07, 6.45) is 5.81. The van der Waals surface area contributed by atoms with Crippen LogP contribution in [0, 0.1) is 0 Å². The fourth-order valence-electron chi connectivity index (χ4n) is 2.86. The van der Waals surface area contributed by atoms with Crippen molar-refractivity contribution >= 4 is 0 Å². The molecule has 2 rings (SSSR count). The minimum Gasteiger partial charge on any atom is -0.374 e. The molecule has 2 heterocycles. The van der Waals surface area contributed by atoms with Crippen molar-refractivity contribution < 1.29 is 4.74 Å². The summed E-state index contributed by atoms with van der Waals surface area (Å²) in [5.74, 6) is 0. The largest absolute Gasteiger partial charge is 0.374 e.